The summed E-state index contributed by atoms with van der Waals surface area (Å²) >= 11 is 0.913. The number of rotatable bonds is 3. The molecule has 4 nitrogen and oxygen atoms in total. The lowest BCUT2D eigenvalue weighted by atomic mass is 9.92. The van der Waals surface area contributed by atoms with Crippen LogP contribution in [0.3, 0.4) is 0 Å². The Hall–Kier alpha value is -1.38. The molecule has 0 atom stereocenters. The van der Waals surface area contributed by atoms with Gasteiger partial charge in [-0.25, -0.2) is 0 Å². The summed E-state index contributed by atoms with van der Waals surface area (Å²) in [7, 11) is 1.45. The number of nitrogens with one attached hydrogen (secondary N) is 2. The minimum absolute atomic E-state index is 0. The predicted octanol–water partition coefficient (Wildman–Crippen LogP) is 3.64. The highest BCUT2D eigenvalue weighted by Crippen LogP contribution is 2.39. The summed E-state index contributed by atoms with van der Waals surface area (Å²) in [6, 6.07) is 1.15. The highest BCUT2D eigenvalue weighted by molar-refractivity contribution is 7.17. The molecule has 1 aliphatic heterocycles. The number of pyridine rings is 1. The molecule has 0 aromatic carbocycles. The van der Waals surface area contributed by atoms with Crippen LogP contribution < -0.4 is 10.6 Å². The molecule has 1 saturated heterocycles. The molecule has 0 unspecified atom stereocenters. The van der Waals surface area contributed by atoms with E-state index >= 15 is 0 Å². The molecule has 0 saturated carbocycles. The quantitative estimate of drug-likeness (QED) is 0.837. The van der Waals surface area contributed by atoms with Crippen LogP contribution in [0.5, 0.6) is 0 Å². The molecule has 2 aromatic rings. The second-order valence-corrected chi connectivity index (χ2v) is 6.84. The fourth-order valence-corrected chi connectivity index (χ4v) is 4.08. The zero-order valence-corrected chi connectivity index (χ0v) is 15.2. The third kappa shape index (κ3) is 4.24. The Kier molecular flexibility index (Phi) is 6.29. The van der Waals surface area contributed by atoms with Crippen molar-refractivity contribution in [3.05, 3.63) is 28.3 Å². The summed E-state index contributed by atoms with van der Waals surface area (Å²) in [5.41, 5.74) is 0.0649. The van der Waals surface area contributed by atoms with Gasteiger partial charge in [-0.05, 0) is 44.3 Å². The first-order valence-electron chi connectivity index (χ1n) is 7.81. The maximum atomic E-state index is 13.4. The Balaban J connectivity index is 0.00000225. The lowest BCUT2D eigenvalue weighted by Gasteiger charge is -2.22. The second kappa shape index (κ2) is 7.88. The van der Waals surface area contributed by atoms with Crippen LogP contribution in [0.1, 0.15) is 34.5 Å². The van der Waals surface area contributed by atoms with Crippen LogP contribution >= 0.6 is 23.7 Å². The minimum Gasteiger partial charge on any atom is -0.355 e. The van der Waals surface area contributed by atoms with Gasteiger partial charge in [-0.2, -0.15) is 13.2 Å². The molecule has 1 aliphatic rings. The van der Waals surface area contributed by atoms with E-state index in [2.05, 4.69) is 15.6 Å². The van der Waals surface area contributed by atoms with Gasteiger partial charge in [0.2, 0.25) is 0 Å². The van der Waals surface area contributed by atoms with E-state index in [0.29, 0.717) is 18.0 Å². The number of piperidine rings is 1. The van der Waals surface area contributed by atoms with Crippen LogP contribution in [0, 0.1) is 5.92 Å². The van der Waals surface area contributed by atoms with E-state index < -0.39 is 17.6 Å². The van der Waals surface area contributed by atoms with E-state index in [1.165, 1.54) is 12.4 Å². The molecule has 0 aliphatic carbocycles. The Morgan fingerprint density at radius 1 is 1.40 bits per heavy atom. The van der Waals surface area contributed by atoms with Crippen molar-refractivity contribution in [2.24, 2.45) is 5.92 Å². The zero-order valence-electron chi connectivity index (χ0n) is 13.6. The number of amides is 1. The number of aromatic nitrogens is 1. The highest BCUT2D eigenvalue weighted by atomic mass is 35.5. The number of halogens is 4. The van der Waals surface area contributed by atoms with Crippen molar-refractivity contribution >= 4 is 39.9 Å². The third-order valence-corrected chi connectivity index (χ3v) is 5.31. The first kappa shape index (κ1) is 19.9. The molecule has 0 spiro atoms. The fraction of sp³-hybridized carbons (Fsp3) is 0.500. The number of hydrogen-bond acceptors (Lipinski definition) is 4. The Morgan fingerprint density at radius 2 is 2.08 bits per heavy atom. The molecule has 3 heterocycles. The van der Waals surface area contributed by atoms with Gasteiger partial charge in [0, 0.05) is 18.1 Å². The van der Waals surface area contributed by atoms with Crippen molar-refractivity contribution in [2.75, 3.05) is 20.1 Å². The van der Waals surface area contributed by atoms with E-state index in [1.807, 2.05) is 0 Å². The molecular formula is C16H19ClF3N3OS. The van der Waals surface area contributed by atoms with E-state index in [4.69, 9.17) is 0 Å². The number of fused-ring (bicyclic) bond motifs is 1. The Morgan fingerprint density at radius 3 is 2.68 bits per heavy atom. The van der Waals surface area contributed by atoms with Gasteiger partial charge in [-0.1, -0.05) is 0 Å². The van der Waals surface area contributed by atoms with Crippen LogP contribution in [-0.2, 0) is 12.6 Å². The lowest BCUT2D eigenvalue weighted by molar-refractivity contribution is -0.136. The first-order chi connectivity index (χ1) is 11.4. The SMILES string of the molecule is CNC(=O)c1csc2c(C(F)(F)F)cc(CC3CCNCC3)nc12.Cl. The number of nitrogens with zero attached hydrogens (tertiary/aromatic N) is 1. The number of thiophene rings is 1. The molecule has 1 fully saturated rings. The second-order valence-electron chi connectivity index (χ2n) is 5.96. The summed E-state index contributed by atoms with van der Waals surface area (Å²) in [6.07, 6.45) is -2.11. The van der Waals surface area contributed by atoms with Crippen molar-refractivity contribution in [1.82, 2.24) is 15.6 Å². The van der Waals surface area contributed by atoms with Crippen LogP contribution in [0.4, 0.5) is 13.2 Å². The van der Waals surface area contributed by atoms with Gasteiger partial charge >= 0.3 is 6.18 Å². The van der Waals surface area contributed by atoms with Crippen molar-refractivity contribution < 1.29 is 18.0 Å². The molecule has 3 rings (SSSR count). The number of hydrogen-bond donors (Lipinski definition) is 2. The first-order valence-corrected chi connectivity index (χ1v) is 8.69. The maximum Gasteiger partial charge on any atom is 0.417 e. The maximum absolute atomic E-state index is 13.4. The van der Waals surface area contributed by atoms with Crippen LogP contribution in [0.15, 0.2) is 11.4 Å². The van der Waals surface area contributed by atoms with E-state index in [9.17, 15) is 18.0 Å². The molecule has 138 valence electrons. The largest absolute Gasteiger partial charge is 0.417 e. The predicted molar refractivity (Wildman–Crippen MR) is 94.6 cm³/mol. The Labute approximate surface area is 153 Å². The van der Waals surface area contributed by atoms with Crippen LogP contribution in [0.2, 0.25) is 0 Å². The monoisotopic (exact) mass is 393 g/mol. The Bertz CT molecular complexity index is 757. The number of carbonyl (C=O) groups excluding carboxylic acids is 1. The van der Waals surface area contributed by atoms with Crippen molar-refractivity contribution in [1.29, 1.82) is 0 Å². The minimum atomic E-state index is -4.46. The van der Waals surface area contributed by atoms with E-state index in [1.54, 1.807) is 0 Å². The van der Waals surface area contributed by atoms with Gasteiger partial charge in [0.25, 0.3) is 5.91 Å². The van der Waals surface area contributed by atoms with Gasteiger partial charge in [0.1, 0.15) is 0 Å². The molecule has 25 heavy (non-hydrogen) atoms. The summed E-state index contributed by atoms with van der Waals surface area (Å²) in [6.45, 7) is 1.75. The van der Waals surface area contributed by atoms with Crippen molar-refractivity contribution in [2.45, 2.75) is 25.4 Å². The molecule has 1 amide bonds. The average Bonchev–Trinajstić information content (AvgIpc) is 2.97. The summed E-state index contributed by atoms with van der Waals surface area (Å²) in [4.78, 5) is 16.3. The molecular weight excluding hydrogens is 375 g/mol. The molecule has 9 heteroatoms. The molecule has 0 bridgehead atoms. The van der Waals surface area contributed by atoms with Crippen LogP contribution in [0.25, 0.3) is 10.2 Å². The molecule has 2 N–H and O–H groups in total. The van der Waals surface area contributed by atoms with E-state index in [0.717, 1.165) is 43.3 Å². The number of carbonyl (C=O) groups is 1. The lowest BCUT2D eigenvalue weighted by Crippen LogP contribution is -2.29. The topological polar surface area (TPSA) is 54.0 Å². The van der Waals surface area contributed by atoms with Gasteiger partial charge in [-0.3, -0.25) is 9.78 Å². The normalized spacial score (nSPS) is 15.8. The van der Waals surface area contributed by atoms with Gasteiger partial charge in [0.05, 0.1) is 21.3 Å². The summed E-state index contributed by atoms with van der Waals surface area (Å²) in [5, 5.41) is 7.14. The van der Waals surface area contributed by atoms with Gasteiger partial charge < -0.3 is 10.6 Å². The third-order valence-electron chi connectivity index (χ3n) is 4.31. The zero-order chi connectivity index (χ0) is 17.3. The van der Waals surface area contributed by atoms with Crippen molar-refractivity contribution in [3.63, 3.8) is 0 Å². The van der Waals surface area contributed by atoms with Crippen molar-refractivity contribution in [3.8, 4) is 0 Å². The van der Waals surface area contributed by atoms with Crippen LogP contribution in [-0.4, -0.2) is 31.0 Å². The fourth-order valence-electron chi connectivity index (χ4n) is 3.05. The molecule has 2 aromatic heterocycles. The highest BCUT2D eigenvalue weighted by Gasteiger charge is 2.35. The summed E-state index contributed by atoms with van der Waals surface area (Å²) in [5.74, 6) is -0.0970. The average molecular weight is 394 g/mol. The standard InChI is InChI=1S/C16H18F3N3OS.ClH/c1-20-15(23)11-8-24-14-12(16(17,18)19)7-10(22-13(11)14)6-9-2-4-21-5-3-9;/h7-9,21H,2-6H2,1H3,(H,20,23);1H. The summed E-state index contributed by atoms with van der Waals surface area (Å²) < 4.78 is 40.3. The van der Waals surface area contributed by atoms with Gasteiger partial charge in [-0.15, -0.1) is 23.7 Å². The smallest absolute Gasteiger partial charge is 0.355 e. The molecule has 0 radical (unpaired) electrons. The van der Waals surface area contributed by atoms with Gasteiger partial charge in [0.15, 0.2) is 0 Å². The number of alkyl halides is 3. The van der Waals surface area contributed by atoms with E-state index in [-0.39, 0.29) is 28.2 Å².